The summed E-state index contributed by atoms with van der Waals surface area (Å²) in [5, 5.41) is 0.544. The van der Waals surface area contributed by atoms with Crippen LogP contribution >= 0.6 is 11.6 Å². The van der Waals surface area contributed by atoms with E-state index >= 15 is 0 Å². The molecule has 0 radical (unpaired) electrons. The number of hydrogen-bond donors (Lipinski definition) is 0. The Labute approximate surface area is 101 Å². The predicted octanol–water partition coefficient (Wildman–Crippen LogP) is 3.72. The van der Waals surface area contributed by atoms with Crippen LogP contribution in [0, 0.1) is 5.92 Å². The van der Waals surface area contributed by atoms with E-state index in [-0.39, 0.29) is 5.78 Å². The third kappa shape index (κ3) is 2.38. The van der Waals surface area contributed by atoms with Crippen molar-refractivity contribution in [2.75, 3.05) is 7.11 Å². The Bertz CT molecular complexity index is 397. The average molecular weight is 239 g/mol. The minimum Gasteiger partial charge on any atom is -0.495 e. The van der Waals surface area contributed by atoms with Crippen molar-refractivity contribution >= 4 is 17.4 Å². The standard InChI is InChI=1S/C13H15ClO2/c1-16-13-8-10(5-6-11(13)14)12(15)7-9-3-2-4-9/h5-6,8-9H,2-4,7H2,1H3. The van der Waals surface area contributed by atoms with Gasteiger partial charge in [0.25, 0.3) is 0 Å². The van der Waals surface area contributed by atoms with Gasteiger partial charge in [-0.25, -0.2) is 0 Å². The Kier molecular flexibility index (Phi) is 3.49. The Morgan fingerprint density at radius 2 is 2.25 bits per heavy atom. The zero-order valence-corrected chi connectivity index (χ0v) is 10.1. The molecular weight excluding hydrogens is 224 g/mol. The summed E-state index contributed by atoms with van der Waals surface area (Å²) in [5.41, 5.74) is 0.702. The van der Waals surface area contributed by atoms with E-state index in [0.717, 1.165) is 0 Å². The molecule has 0 spiro atoms. The third-order valence-corrected chi connectivity index (χ3v) is 3.48. The zero-order valence-electron chi connectivity index (χ0n) is 9.33. The number of hydrogen-bond acceptors (Lipinski definition) is 2. The van der Waals surface area contributed by atoms with Crippen LogP contribution in [0.3, 0.4) is 0 Å². The minimum atomic E-state index is 0.194. The fourth-order valence-corrected chi connectivity index (χ4v) is 2.10. The number of halogens is 1. The molecule has 1 aromatic carbocycles. The molecule has 1 fully saturated rings. The van der Waals surface area contributed by atoms with Crippen molar-refractivity contribution in [2.24, 2.45) is 5.92 Å². The lowest BCUT2D eigenvalue weighted by Gasteiger charge is -2.24. The highest BCUT2D eigenvalue weighted by Crippen LogP contribution is 2.32. The molecule has 1 aliphatic carbocycles. The molecule has 2 nitrogen and oxygen atoms in total. The van der Waals surface area contributed by atoms with Crippen molar-refractivity contribution < 1.29 is 9.53 Å². The third-order valence-electron chi connectivity index (χ3n) is 3.17. The van der Waals surface area contributed by atoms with Crippen molar-refractivity contribution in [2.45, 2.75) is 25.7 Å². The quantitative estimate of drug-likeness (QED) is 0.748. The SMILES string of the molecule is COc1cc(C(=O)CC2CCC2)ccc1Cl. The molecule has 0 amide bonds. The highest BCUT2D eigenvalue weighted by Gasteiger charge is 2.21. The van der Waals surface area contributed by atoms with Crippen LogP contribution in [0.2, 0.25) is 5.02 Å². The van der Waals surface area contributed by atoms with E-state index < -0.39 is 0 Å². The van der Waals surface area contributed by atoms with Gasteiger partial charge in [0.1, 0.15) is 5.75 Å². The lowest BCUT2D eigenvalue weighted by Crippen LogP contribution is -2.15. The molecule has 0 aliphatic heterocycles. The van der Waals surface area contributed by atoms with E-state index in [1.165, 1.54) is 19.3 Å². The number of carbonyl (C=O) groups is 1. The van der Waals surface area contributed by atoms with E-state index in [4.69, 9.17) is 16.3 Å². The van der Waals surface area contributed by atoms with Crippen LogP contribution in [0.25, 0.3) is 0 Å². The van der Waals surface area contributed by atoms with Crippen LogP contribution < -0.4 is 4.74 Å². The maximum atomic E-state index is 11.9. The molecule has 0 aromatic heterocycles. The average Bonchev–Trinajstić information content (AvgIpc) is 2.24. The lowest BCUT2D eigenvalue weighted by molar-refractivity contribution is 0.0936. The first-order valence-electron chi connectivity index (χ1n) is 5.57. The summed E-state index contributed by atoms with van der Waals surface area (Å²) in [6, 6.07) is 5.21. The second-order valence-electron chi connectivity index (χ2n) is 4.27. The molecule has 0 N–H and O–H groups in total. The molecule has 0 unspecified atom stereocenters. The van der Waals surface area contributed by atoms with E-state index in [1.54, 1.807) is 25.3 Å². The largest absolute Gasteiger partial charge is 0.495 e. The van der Waals surface area contributed by atoms with Gasteiger partial charge in [0.05, 0.1) is 12.1 Å². The van der Waals surface area contributed by atoms with E-state index in [2.05, 4.69) is 0 Å². The van der Waals surface area contributed by atoms with Crippen molar-refractivity contribution in [3.05, 3.63) is 28.8 Å². The Hall–Kier alpha value is -1.02. The molecule has 0 saturated heterocycles. The number of ketones is 1. The highest BCUT2D eigenvalue weighted by atomic mass is 35.5. The maximum absolute atomic E-state index is 11.9. The first kappa shape index (κ1) is 11.5. The van der Waals surface area contributed by atoms with Gasteiger partial charge in [-0.05, 0) is 24.1 Å². The Morgan fingerprint density at radius 1 is 1.50 bits per heavy atom. The summed E-state index contributed by atoms with van der Waals surface area (Å²) in [6.07, 6.45) is 4.31. The van der Waals surface area contributed by atoms with Crippen LogP contribution in [0.4, 0.5) is 0 Å². The monoisotopic (exact) mass is 238 g/mol. The Morgan fingerprint density at radius 3 is 2.81 bits per heavy atom. The summed E-state index contributed by atoms with van der Waals surface area (Å²) < 4.78 is 5.10. The summed E-state index contributed by atoms with van der Waals surface area (Å²) in [7, 11) is 1.56. The topological polar surface area (TPSA) is 26.3 Å². The fraction of sp³-hybridized carbons (Fsp3) is 0.462. The molecule has 2 rings (SSSR count). The van der Waals surface area contributed by atoms with Gasteiger partial charge in [-0.15, -0.1) is 0 Å². The molecule has 0 heterocycles. The first-order valence-corrected chi connectivity index (χ1v) is 5.95. The minimum absolute atomic E-state index is 0.194. The molecule has 16 heavy (non-hydrogen) atoms. The van der Waals surface area contributed by atoms with Crippen molar-refractivity contribution in [1.29, 1.82) is 0 Å². The lowest BCUT2D eigenvalue weighted by atomic mass is 9.81. The van der Waals surface area contributed by atoms with Crippen LogP contribution in [-0.2, 0) is 0 Å². The summed E-state index contributed by atoms with van der Waals surface area (Å²) in [5.74, 6) is 1.36. The van der Waals surface area contributed by atoms with Gasteiger partial charge in [-0.3, -0.25) is 4.79 Å². The Balaban J connectivity index is 2.09. The van der Waals surface area contributed by atoms with Crippen molar-refractivity contribution in [3.8, 4) is 5.75 Å². The maximum Gasteiger partial charge on any atom is 0.163 e. The molecule has 86 valence electrons. The number of rotatable bonds is 4. The summed E-state index contributed by atoms with van der Waals surface area (Å²) in [4.78, 5) is 11.9. The second kappa shape index (κ2) is 4.88. The van der Waals surface area contributed by atoms with Gasteiger partial charge < -0.3 is 4.74 Å². The van der Waals surface area contributed by atoms with Crippen molar-refractivity contribution in [1.82, 2.24) is 0 Å². The zero-order chi connectivity index (χ0) is 11.5. The van der Waals surface area contributed by atoms with Gasteiger partial charge >= 0.3 is 0 Å². The predicted molar refractivity (Wildman–Crippen MR) is 64.3 cm³/mol. The normalized spacial score (nSPS) is 15.6. The second-order valence-corrected chi connectivity index (χ2v) is 4.68. The number of benzene rings is 1. The molecule has 1 saturated carbocycles. The molecule has 1 aliphatic rings. The fourth-order valence-electron chi connectivity index (χ4n) is 1.91. The van der Waals surface area contributed by atoms with Gasteiger partial charge in [-0.2, -0.15) is 0 Å². The number of carbonyl (C=O) groups excluding carboxylic acids is 1. The molecule has 0 atom stereocenters. The van der Waals surface area contributed by atoms with Crippen LogP contribution in [0.15, 0.2) is 18.2 Å². The molecule has 0 bridgehead atoms. The molecular formula is C13H15ClO2. The van der Waals surface area contributed by atoms with Crippen LogP contribution in [0.5, 0.6) is 5.75 Å². The number of Topliss-reactive ketones (excluding diaryl/α,β-unsaturated/α-hetero) is 1. The van der Waals surface area contributed by atoms with E-state index in [9.17, 15) is 4.79 Å². The smallest absolute Gasteiger partial charge is 0.163 e. The van der Waals surface area contributed by atoms with Gasteiger partial charge in [-0.1, -0.05) is 30.9 Å². The summed E-state index contributed by atoms with van der Waals surface area (Å²) in [6.45, 7) is 0. The van der Waals surface area contributed by atoms with Crippen molar-refractivity contribution in [3.63, 3.8) is 0 Å². The number of methoxy groups -OCH3 is 1. The van der Waals surface area contributed by atoms with Gasteiger partial charge in [0, 0.05) is 12.0 Å². The van der Waals surface area contributed by atoms with Crippen LogP contribution in [-0.4, -0.2) is 12.9 Å². The molecule has 1 aromatic rings. The summed E-state index contributed by atoms with van der Waals surface area (Å²) >= 11 is 5.91. The van der Waals surface area contributed by atoms with Gasteiger partial charge in [0.2, 0.25) is 0 Å². The van der Waals surface area contributed by atoms with Crippen LogP contribution in [0.1, 0.15) is 36.0 Å². The molecule has 3 heteroatoms. The highest BCUT2D eigenvalue weighted by molar-refractivity contribution is 6.32. The van der Waals surface area contributed by atoms with E-state index in [1.807, 2.05) is 0 Å². The number of ether oxygens (including phenoxy) is 1. The van der Waals surface area contributed by atoms with E-state index in [0.29, 0.717) is 28.7 Å². The van der Waals surface area contributed by atoms with Gasteiger partial charge in [0.15, 0.2) is 5.78 Å². The first-order chi connectivity index (χ1) is 7.70.